The van der Waals surface area contributed by atoms with Gasteiger partial charge in [0.2, 0.25) is 0 Å². The number of rotatable bonds is 6. The largest absolute Gasteiger partial charge is 0.370 e. The molecule has 1 aliphatic rings. The second kappa shape index (κ2) is 5.35. The van der Waals surface area contributed by atoms with E-state index in [1.54, 1.807) is 0 Å². The molecule has 4 heteroatoms. The van der Waals surface area contributed by atoms with E-state index in [-0.39, 0.29) is 5.54 Å². The van der Waals surface area contributed by atoms with Gasteiger partial charge in [-0.2, -0.15) is 0 Å². The van der Waals surface area contributed by atoms with Gasteiger partial charge in [-0.25, -0.2) is 9.97 Å². The van der Waals surface area contributed by atoms with Crippen LogP contribution in [-0.4, -0.2) is 22.1 Å². The smallest absolute Gasteiger partial charge is 0.135 e. The van der Waals surface area contributed by atoms with E-state index in [0.29, 0.717) is 0 Å². The second-order valence-corrected chi connectivity index (χ2v) is 5.97. The van der Waals surface area contributed by atoms with Crippen LogP contribution in [0, 0.1) is 12.8 Å². The first-order valence-electron chi connectivity index (χ1n) is 7.37. The Morgan fingerprint density at radius 3 is 2.32 bits per heavy atom. The van der Waals surface area contributed by atoms with Crippen LogP contribution >= 0.6 is 0 Å². The van der Waals surface area contributed by atoms with Crippen LogP contribution in [0.2, 0.25) is 0 Å². The van der Waals surface area contributed by atoms with Gasteiger partial charge in [0.1, 0.15) is 17.5 Å². The summed E-state index contributed by atoms with van der Waals surface area (Å²) in [6, 6.07) is 0. The standard InChI is InChI=1S/C15H26N4/c1-6-12-17-13(16-7-2)10(3)14(18-12)19-15(4,5)11-8-9-11/h11H,6-9H2,1-5H3,(H2,16,17,18,19). The van der Waals surface area contributed by atoms with E-state index in [9.17, 15) is 0 Å². The molecule has 2 N–H and O–H groups in total. The fourth-order valence-corrected chi connectivity index (χ4v) is 2.39. The molecule has 0 saturated heterocycles. The summed E-state index contributed by atoms with van der Waals surface area (Å²) in [6.45, 7) is 11.7. The van der Waals surface area contributed by atoms with Crippen LogP contribution in [0.4, 0.5) is 11.6 Å². The molecule has 0 unspecified atom stereocenters. The minimum atomic E-state index is 0.119. The first-order chi connectivity index (χ1) is 8.97. The Labute approximate surface area is 116 Å². The number of aryl methyl sites for hydroxylation is 1. The summed E-state index contributed by atoms with van der Waals surface area (Å²) in [5.74, 6) is 3.62. The zero-order valence-electron chi connectivity index (χ0n) is 12.8. The molecule has 1 aliphatic carbocycles. The summed E-state index contributed by atoms with van der Waals surface area (Å²) in [5.41, 5.74) is 1.24. The molecular weight excluding hydrogens is 236 g/mol. The van der Waals surface area contributed by atoms with Crippen LogP contribution in [0.25, 0.3) is 0 Å². The van der Waals surface area contributed by atoms with Gasteiger partial charge in [0.05, 0.1) is 0 Å². The Balaban J connectivity index is 2.29. The molecule has 19 heavy (non-hydrogen) atoms. The highest BCUT2D eigenvalue weighted by atomic mass is 15.1. The van der Waals surface area contributed by atoms with Gasteiger partial charge < -0.3 is 10.6 Å². The van der Waals surface area contributed by atoms with E-state index < -0.39 is 0 Å². The number of hydrogen-bond donors (Lipinski definition) is 2. The van der Waals surface area contributed by atoms with Gasteiger partial charge in [0.25, 0.3) is 0 Å². The molecule has 1 fully saturated rings. The highest BCUT2D eigenvalue weighted by molar-refractivity contribution is 5.58. The first kappa shape index (κ1) is 14.1. The fraction of sp³-hybridized carbons (Fsp3) is 0.733. The SMILES string of the molecule is CCNc1nc(CC)nc(NC(C)(C)C2CC2)c1C. The Morgan fingerprint density at radius 1 is 1.16 bits per heavy atom. The average Bonchev–Trinajstić information content (AvgIpc) is 3.18. The number of nitrogens with zero attached hydrogens (tertiary/aromatic N) is 2. The van der Waals surface area contributed by atoms with Crippen LogP contribution in [0.15, 0.2) is 0 Å². The van der Waals surface area contributed by atoms with Gasteiger partial charge >= 0.3 is 0 Å². The number of nitrogens with one attached hydrogen (secondary N) is 2. The average molecular weight is 262 g/mol. The Hall–Kier alpha value is -1.32. The van der Waals surface area contributed by atoms with Crippen molar-refractivity contribution in [2.75, 3.05) is 17.2 Å². The highest BCUT2D eigenvalue weighted by Crippen LogP contribution is 2.41. The van der Waals surface area contributed by atoms with Crippen LogP contribution < -0.4 is 10.6 Å². The molecule has 0 bridgehead atoms. The van der Waals surface area contributed by atoms with Crippen molar-refractivity contribution < 1.29 is 0 Å². The Morgan fingerprint density at radius 2 is 1.79 bits per heavy atom. The van der Waals surface area contributed by atoms with Crippen molar-refractivity contribution in [3.05, 3.63) is 11.4 Å². The summed E-state index contributed by atoms with van der Waals surface area (Å²) in [7, 11) is 0. The third-order valence-electron chi connectivity index (χ3n) is 3.89. The summed E-state index contributed by atoms with van der Waals surface area (Å²) >= 11 is 0. The molecule has 106 valence electrons. The molecule has 1 saturated carbocycles. The quantitative estimate of drug-likeness (QED) is 0.825. The first-order valence-corrected chi connectivity index (χ1v) is 7.37. The molecule has 0 atom stereocenters. The molecule has 1 heterocycles. The van der Waals surface area contributed by atoms with E-state index in [4.69, 9.17) is 0 Å². The van der Waals surface area contributed by atoms with Gasteiger partial charge in [0.15, 0.2) is 0 Å². The Kier molecular flexibility index (Phi) is 3.97. The Bertz CT molecular complexity index is 450. The van der Waals surface area contributed by atoms with Crippen molar-refractivity contribution >= 4 is 11.6 Å². The minimum absolute atomic E-state index is 0.119. The number of aromatic nitrogens is 2. The fourth-order valence-electron chi connectivity index (χ4n) is 2.39. The lowest BCUT2D eigenvalue weighted by Gasteiger charge is -2.28. The predicted molar refractivity (Wildman–Crippen MR) is 80.7 cm³/mol. The number of anilines is 2. The van der Waals surface area contributed by atoms with E-state index in [0.717, 1.165) is 41.9 Å². The molecule has 4 nitrogen and oxygen atoms in total. The molecule has 1 aromatic rings. The summed E-state index contributed by atoms with van der Waals surface area (Å²) in [5, 5.41) is 6.96. The van der Waals surface area contributed by atoms with Gasteiger partial charge in [-0.05, 0) is 46.5 Å². The maximum absolute atomic E-state index is 4.67. The third-order valence-corrected chi connectivity index (χ3v) is 3.89. The molecule has 1 aromatic heterocycles. The molecule has 0 radical (unpaired) electrons. The number of hydrogen-bond acceptors (Lipinski definition) is 4. The van der Waals surface area contributed by atoms with Gasteiger partial charge in [-0.15, -0.1) is 0 Å². The monoisotopic (exact) mass is 262 g/mol. The van der Waals surface area contributed by atoms with Crippen LogP contribution in [-0.2, 0) is 6.42 Å². The van der Waals surface area contributed by atoms with Gasteiger partial charge in [-0.1, -0.05) is 6.92 Å². The topological polar surface area (TPSA) is 49.8 Å². The molecule has 0 aromatic carbocycles. The van der Waals surface area contributed by atoms with Crippen LogP contribution in [0.3, 0.4) is 0 Å². The van der Waals surface area contributed by atoms with Crippen molar-refractivity contribution in [1.29, 1.82) is 0 Å². The van der Waals surface area contributed by atoms with E-state index in [2.05, 4.69) is 55.2 Å². The summed E-state index contributed by atoms with van der Waals surface area (Å²) < 4.78 is 0. The van der Waals surface area contributed by atoms with E-state index in [1.165, 1.54) is 12.8 Å². The molecule has 0 spiro atoms. The molecule has 0 aliphatic heterocycles. The van der Waals surface area contributed by atoms with Crippen molar-refractivity contribution in [3.8, 4) is 0 Å². The normalized spacial score (nSPS) is 15.4. The predicted octanol–water partition coefficient (Wildman–Crippen LogP) is 3.38. The van der Waals surface area contributed by atoms with Crippen LogP contribution in [0.5, 0.6) is 0 Å². The molecular formula is C15H26N4. The summed E-state index contributed by atoms with van der Waals surface area (Å²) in [4.78, 5) is 9.24. The van der Waals surface area contributed by atoms with Crippen molar-refractivity contribution in [3.63, 3.8) is 0 Å². The molecule has 2 rings (SSSR count). The third kappa shape index (κ3) is 3.17. The minimum Gasteiger partial charge on any atom is -0.370 e. The lowest BCUT2D eigenvalue weighted by atomic mass is 9.98. The van der Waals surface area contributed by atoms with Crippen molar-refractivity contribution in [1.82, 2.24) is 9.97 Å². The summed E-state index contributed by atoms with van der Waals surface area (Å²) in [6.07, 6.45) is 3.51. The lowest BCUT2D eigenvalue weighted by Crippen LogP contribution is -2.34. The van der Waals surface area contributed by atoms with E-state index in [1.807, 2.05) is 0 Å². The van der Waals surface area contributed by atoms with Crippen molar-refractivity contribution in [2.24, 2.45) is 5.92 Å². The van der Waals surface area contributed by atoms with Gasteiger partial charge in [-0.3, -0.25) is 0 Å². The lowest BCUT2D eigenvalue weighted by molar-refractivity contribution is 0.491. The second-order valence-electron chi connectivity index (χ2n) is 5.97. The van der Waals surface area contributed by atoms with Gasteiger partial charge in [0, 0.05) is 24.1 Å². The zero-order valence-corrected chi connectivity index (χ0v) is 12.8. The van der Waals surface area contributed by atoms with E-state index >= 15 is 0 Å². The molecule has 0 amide bonds. The zero-order chi connectivity index (χ0) is 14.0. The highest BCUT2D eigenvalue weighted by Gasteiger charge is 2.38. The van der Waals surface area contributed by atoms with Crippen LogP contribution in [0.1, 0.15) is 51.9 Å². The maximum atomic E-state index is 4.67. The maximum Gasteiger partial charge on any atom is 0.135 e. The van der Waals surface area contributed by atoms with Crippen molar-refractivity contribution in [2.45, 2.75) is 59.4 Å².